The summed E-state index contributed by atoms with van der Waals surface area (Å²) in [7, 11) is 1.58. The maximum Gasteiger partial charge on any atom is 0.305 e. The maximum absolute atomic E-state index is 12.0. The largest absolute Gasteiger partial charge is 0.481 e. The summed E-state index contributed by atoms with van der Waals surface area (Å²) >= 11 is 0. The van der Waals surface area contributed by atoms with Crippen LogP contribution in [0.15, 0.2) is 0 Å². The van der Waals surface area contributed by atoms with E-state index in [1.165, 1.54) is 4.90 Å². The van der Waals surface area contributed by atoms with Crippen LogP contribution in [0.5, 0.6) is 0 Å². The third-order valence-electron chi connectivity index (χ3n) is 3.17. The van der Waals surface area contributed by atoms with E-state index in [4.69, 9.17) is 5.11 Å². The summed E-state index contributed by atoms with van der Waals surface area (Å²) in [6.07, 6.45) is 0.158. The number of carboxylic acids is 1. The van der Waals surface area contributed by atoms with Gasteiger partial charge >= 0.3 is 5.97 Å². The number of carbonyl (C=O) groups excluding carboxylic acids is 2. The van der Waals surface area contributed by atoms with E-state index in [2.05, 4.69) is 0 Å². The summed E-state index contributed by atoms with van der Waals surface area (Å²) in [5.74, 6) is -1.41. The molecule has 0 bridgehead atoms. The summed E-state index contributed by atoms with van der Waals surface area (Å²) in [5.41, 5.74) is 0. The quantitative estimate of drug-likeness (QED) is 0.761. The van der Waals surface area contributed by atoms with Crippen LogP contribution in [-0.2, 0) is 14.4 Å². The van der Waals surface area contributed by atoms with E-state index >= 15 is 0 Å². The predicted molar refractivity (Wildman–Crippen MR) is 64.8 cm³/mol. The Morgan fingerprint density at radius 3 is 2.56 bits per heavy atom. The number of likely N-dealkylation sites (tertiary alicyclic amines) is 1. The minimum absolute atomic E-state index is 0.00464. The molecule has 6 heteroatoms. The van der Waals surface area contributed by atoms with Crippen molar-refractivity contribution in [3.8, 4) is 0 Å². The van der Waals surface area contributed by atoms with Crippen molar-refractivity contribution in [3.05, 3.63) is 0 Å². The number of hydrogen-bond acceptors (Lipinski definition) is 3. The lowest BCUT2D eigenvalue weighted by Crippen LogP contribution is -2.37. The molecule has 0 radical (unpaired) electrons. The van der Waals surface area contributed by atoms with E-state index in [0.29, 0.717) is 6.54 Å². The van der Waals surface area contributed by atoms with Gasteiger partial charge in [-0.25, -0.2) is 0 Å². The summed E-state index contributed by atoms with van der Waals surface area (Å²) < 4.78 is 0. The molecule has 1 heterocycles. The Hall–Kier alpha value is -1.59. The van der Waals surface area contributed by atoms with E-state index in [1.54, 1.807) is 11.9 Å². The van der Waals surface area contributed by atoms with Gasteiger partial charge in [-0.3, -0.25) is 14.4 Å². The Morgan fingerprint density at radius 1 is 1.50 bits per heavy atom. The van der Waals surface area contributed by atoms with Crippen molar-refractivity contribution in [1.29, 1.82) is 0 Å². The first kappa shape index (κ1) is 14.5. The molecule has 1 fully saturated rings. The molecule has 1 saturated heterocycles. The normalized spacial score (nSPS) is 19.4. The smallest absolute Gasteiger partial charge is 0.305 e. The highest BCUT2D eigenvalue weighted by Crippen LogP contribution is 2.21. The van der Waals surface area contributed by atoms with Gasteiger partial charge in [-0.2, -0.15) is 0 Å². The highest BCUT2D eigenvalue weighted by Gasteiger charge is 2.36. The molecule has 0 aliphatic carbocycles. The molecule has 18 heavy (non-hydrogen) atoms. The molecule has 1 unspecified atom stereocenters. The van der Waals surface area contributed by atoms with Crippen LogP contribution in [0.1, 0.15) is 26.7 Å². The first-order valence-electron chi connectivity index (χ1n) is 6.09. The molecule has 1 rings (SSSR count). The van der Waals surface area contributed by atoms with E-state index in [0.717, 1.165) is 0 Å². The minimum atomic E-state index is -0.930. The van der Waals surface area contributed by atoms with Gasteiger partial charge in [0.2, 0.25) is 11.8 Å². The predicted octanol–water partition coefficient (Wildman–Crippen LogP) is 0.176. The van der Waals surface area contributed by atoms with Gasteiger partial charge in [-0.05, 0) is 13.8 Å². The molecule has 0 aromatic rings. The van der Waals surface area contributed by atoms with Crippen molar-refractivity contribution in [2.24, 2.45) is 5.92 Å². The minimum Gasteiger partial charge on any atom is -0.481 e. The van der Waals surface area contributed by atoms with Crippen LogP contribution in [-0.4, -0.2) is 58.9 Å². The summed E-state index contributed by atoms with van der Waals surface area (Å²) in [5, 5.41) is 8.57. The monoisotopic (exact) mass is 256 g/mol. The molecule has 0 aromatic heterocycles. The fraction of sp³-hybridized carbons (Fsp3) is 0.750. The second-order valence-electron chi connectivity index (χ2n) is 4.94. The summed E-state index contributed by atoms with van der Waals surface area (Å²) in [6, 6.07) is 0.0969. The van der Waals surface area contributed by atoms with E-state index in [9.17, 15) is 14.4 Å². The van der Waals surface area contributed by atoms with Gasteiger partial charge in [0.1, 0.15) is 0 Å². The molecule has 102 valence electrons. The molecular weight excluding hydrogens is 236 g/mol. The van der Waals surface area contributed by atoms with Crippen molar-refractivity contribution in [1.82, 2.24) is 9.80 Å². The third-order valence-corrected chi connectivity index (χ3v) is 3.17. The Bertz CT molecular complexity index is 354. The first-order valence-corrected chi connectivity index (χ1v) is 6.09. The van der Waals surface area contributed by atoms with Gasteiger partial charge in [0, 0.05) is 32.6 Å². The second kappa shape index (κ2) is 5.84. The molecule has 1 aliphatic heterocycles. The lowest BCUT2D eigenvalue weighted by Gasteiger charge is -2.22. The van der Waals surface area contributed by atoms with Crippen LogP contribution in [0.25, 0.3) is 0 Å². The van der Waals surface area contributed by atoms with Crippen LogP contribution in [0.4, 0.5) is 0 Å². The average molecular weight is 256 g/mol. The molecule has 0 saturated carbocycles. The molecule has 0 aromatic carbocycles. The van der Waals surface area contributed by atoms with Crippen LogP contribution < -0.4 is 0 Å². The van der Waals surface area contributed by atoms with Crippen LogP contribution in [0.2, 0.25) is 0 Å². The van der Waals surface area contributed by atoms with Crippen molar-refractivity contribution >= 4 is 17.8 Å². The number of rotatable bonds is 5. The van der Waals surface area contributed by atoms with Crippen LogP contribution >= 0.6 is 0 Å². The van der Waals surface area contributed by atoms with Gasteiger partial charge < -0.3 is 14.9 Å². The third kappa shape index (κ3) is 3.45. The molecule has 6 nitrogen and oxygen atoms in total. The standard InChI is InChI=1S/C12H20N2O4/c1-8(2)14-7-9(6-10(14)15)12(18)13(3)5-4-11(16)17/h8-9H,4-7H2,1-3H3,(H,16,17). The first-order chi connectivity index (χ1) is 8.32. The fourth-order valence-electron chi connectivity index (χ4n) is 2.08. The number of nitrogens with zero attached hydrogens (tertiary/aromatic N) is 2. The second-order valence-corrected chi connectivity index (χ2v) is 4.94. The van der Waals surface area contributed by atoms with Crippen molar-refractivity contribution in [3.63, 3.8) is 0 Å². The Morgan fingerprint density at radius 2 is 2.11 bits per heavy atom. The molecule has 1 aliphatic rings. The van der Waals surface area contributed by atoms with Crippen LogP contribution in [0.3, 0.4) is 0 Å². The van der Waals surface area contributed by atoms with Crippen molar-refractivity contribution in [2.45, 2.75) is 32.7 Å². The van der Waals surface area contributed by atoms with E-state index in [-0.39, 0.29) is 43.2 Å². The molecule has 1 atom stereocenters. The maximum atomic E-state index is 12.0. The summed E-state index contributed by atoms with van der Waals surface area (Å²) in [4.78, 5) is 37.2. The summed E-state index contributed by atoms with van der Waals surface area (Å²) in [6.45, 7) is 4.45. The lowest BCUT2D eigenvalue weighted by molar-refractivity contribution is -0.139. The number of carbonyl (C=O) groups is 3. The Balaban J connectivity index is 2.53. The molecule has 0 spiro atoms. The number of carboxylic acid groups (broad SMARTS) is 1. The van der Waals surface area contributed by atoms with E-state index in [1.807, 2.05) is 13.8 Å². The fourth-order valence-corrected chi connectivity index (χ4v) is 2.08. The average Bonchev–Trinajstić information content (AvgIpc) is 2.67. The van der Waals surface area contributed by atoms with Gasteiger partial charge in [0.25, 0.3) is 0 Å². The van der Waals surface area contributed by atoms with Gasteiger partial charge in [-0.1, -0.05) is 0 Å². The van der Waals surface area contributed by atoms with Gasteiger partial charge in [-0.15, -0.1) is 0 Å². The topological polar surface area (TPSA) is 77.9 Å². The zero-order chi connectivity index (χ0) is 13.9. The van der Waals surface area contributed by atoms with Gasteiger partial charge in [0.05, 0.1) is 12.3 Å². The molecular formula is C12H20N2O4. The number of hydrogen-bond donors (Lipinski definition) is 1. The number of aliphatic carboxylic acids is 1. The Kier molecular flexibility index (Phi) is 4.69. The van der Waals surface area contributed by atoms with Crippen LogP contribution in [0, 0.1) is 5.92 Å². The SMILES string of the molecule is CC(C)N1CC(C(=O)N(C)CCC(=O)O)CC1=O. The molecule has 1 N–H and O–H groups in total. The van der Waals surface area contributed by atoms with Gasteiger partial charge in [0.15, 0.2) is 0 Å². The molecule has 2 amide bonds. The van der Waals surface area contributed by atoms with E-state index < -0.39 is 5.97 Å². The lowest BCUT2D eigenvalue weighted by atomic mass is 10.1. The van der Waals surface area contributed by atoms with Crippen molar-refractivity contribution < 1.29 is 19.5 Å². The highest BCUT2D eigenvalue weighted by molar-refractivity contribution is 5.89. The number of amides is 2. The van der Waals surface area contributed by atoms with Crippen molar-refractivity contribution in [2.75, 3.05) is 20.1 Å². The zero-order valence-corrected chi connectivity index (χ0v) is 11.0. The highest BCUT2D eigenvalue weighted by atomic mass is 16.4. The zero-order valence-electron chi connectivity index (χ0n) is 11.0. The Labute approximate surface area is 107 Å².